The molecular formula is C32H43OPS. The minimum atomic E-state index is -0.885. The second-order valence-corrected chi connectivity index (χ2v) is 14.9. The van der Waals surface area contributed by atoms with Gasteiger partial charge in [0.25, 0.3) is 0 Å². The highest BCUT2D eigenvalue weighted by atomic mass is 32.2. The molecule has 0 heterocycles. The van der Waals surface area contributed by atoms with E-state index in [9.17, 15) is 0 Å². The van der Waals surface area contributed by atoms with Crippen molar-refractivity contribution >= 4 is 30.5 Å². The van der Waals surface area contributed by atoms with E-state index in [0.717, 1.165) is 0 Å². The Morgan fingerprint density at radius 3 is 1.46 bits per heavy atom. The van der Waals surface area contributed by atoms with Gasteiger partial charge in [-0.3, -0.25) is 0 Å². The summed E-state index contributed by atoms with van der Waals surface area (Å²) in [6.07, 6.45) is 0.0999. The summed E-state index contributed by atoms with van der Waals surface area (Å²) < 4.78 is 6.96. The average molecular weight is 507 g/mol. The zero-order valence-corrected chi connectivity index (χ0v) is 24.7. The maximum atomic E-state index is 6.96. The predicted octanol–water partition coefficient (Wildman–Crippen LogP) is 8.85. The van der Waals surface area contributed by atoms with Crippen molar-refractivity contribution in [2.45, 2.75) is 89.4 Å². The van der Waals surface area contributed by atoms with Crippen LogP contribution in [-0.2, 0) is 15.4 Å². The monoisotopic (exact) mass is 506 g/mol. The van der Waals surface area contributed by atoms with Crippen LogP contribution in [0.5, 0.6) is 0 Å². The van der Waals surface area contributed by atoms with E-state index < -0.39 is 8.15 Å². The number of rotatable bonds is 8. The van der Waals surface area contributed by atoms with Crippen molar-refractivity contribution in [2.75, 3.05) is 0 Å². The predicted molar refractivity (Wildman–Crippen MR) is 158 cm³/mol. The van der Waals surface area contributed by atoms with Crippen molar-refractivity contribution in [3.63, 3.8) is 0 Å². The van der Waals surface area contributed by atoms with Gasteiger partial charge in [-0.1, -0.05) is 122 Å². The summed E-state index contributed by atoms with van der Waals surface area (Å²) in [5.74, 6) is 0.481. The van der Waals surface area contributed by atoms with Gasteiger partial charge in [0, 0.05) is 20.8 Å². The van der Waals surface area contributed by atoms with Gasteiger partial charge in [0.15, 0.2) is 0 Å². The quantitative estimate of drug-likeness (QED) is 0.223. The summed E-state index contributed by atoms with van der Waals surface area (Å²) in [4.78, 5) is 1.35. The number of hydrogen-bond donors (Lipinski definition) is 0. The summed E-state index contributed by atoms with van der Waals surface area (Å²) in [6.45, 7) is 20.8. The average Bonchev–Trinajstić information content (AvgIpc) is 2.80. The molecule has 2 atom stereocenters. The fourth-order valence-electron chi connectivity index (χ4n) is 4.09. The fraction of sp³-hybridized carbons (Fsp3) is 0.438. The van der Waals surface area contributed by atoms with Gasteiger partial charge in [-0.15, -0.1) is 11.8 Å². The molecule has 1 nitrogen and oxygen atoms in total. The molecule has 0 fully saturated rings. The minimum Gasteiger partial charge on any atom is -0.346 e. The Labute approximate surface area is 219 Å². The molecule has 0 N–H and O–H groups in total. The standard InChI is InChI=1S/C32H43OPS/c1-23(2)30(35-29-21-25(31(4,5)6)20-26(22-29)32(7,8)9)24(3)33-34(27-16-12-10-13-17-27)28-18-14-11-15-19-28/h10-24,30H,1-9H3/t24-,30+/m0/s1. The minimum absolute atomic E-state index is 0.0999. The largest absolute Gasteiger partial charge is 0.346 e. The van der Waals surface area contributed by atoms with E-state index in [0.29, 0.717) is 11.2 Å². The van der Waals surface area contributed by atoms with Crippen LogP contribution in [0.15, 0.2) is 83.8 Å². The number of thioether (sulfide) groups is 1. The molecule has 188 valence electrons. The Morgan fingerprint density at radius 2 is 1.09 bits per heavy atom. The highest BCUT2D eigenvalue weighted by molar-refractivity contribution is 8.00. The van der Waals surface area contributed by atoms with Gasteiger partial charge in [0.2, 0.25) is 0 Å². The Kier molecular flexibility index (Phi) is 9.30. The first kappa shape index (κ1) is 28.0. The summed E-state index contributed by atoms with van der Waals surface area (Å²) >= 11 is 1.98. The molecule has 0 aliphatic rings. The molecule has 0 saturated heterocycles. The van der Waals surface area contributed by atoms with Crippen molar-refractivity contribution in [2.24, 2.45) is 5.92 Å². The molecule has 3 rings (SSSR count). The first-order valence-electron chi connectivity index (χ1n) is 12.8. The molecule has 0 bridgehead atoms. The molecule has 3 aromatic carbocycles. The lowest BCUT2D eigenvalue weighted by molar-refractivity contribution is 0.228. The second kappa shape index (κ2) is 11.6. The molecule has 0 aliphatic heterocycles. The van der Waals surface area contributed by atoms with E-state index in [4.69, 9.17) is 4.52 Å². The van der Waals surface area contributed by atoms with Crippen molar-refractivity contribution in [1.82, 2.24) is 0 Å². The summed E-state index contributed by atoms with van der Waals surface area (Å²) in [5.41, 5.74) is 3.03. The van der Waals surface area contributed by atoms with E-state index in [-0.39, 0.29) is 16.9 Å². The highest BCUT2D eigenvalue weighted by Crippen LogP contribution is 2.42. The van der Waals surface area contributed by atoms with E-state index in [2.05, 4.69) is 141 Å². The lowest BCUT2D eigenvalue weighted by Gasteiger charge is -2.32. The van der Waals surface area contributed by atoms with Gasteiger partial charge in [-0.2, -0.15) is 0 Å². The fourth-order valence-corrected chi connectivity index (χ4v) is 7.29. The summed E-state index contributed by atoms with van der Waals surface area (Å²) in [7, 11) is -0.885. The summed E-state index contributed by atoms with van der Waals surface area (Å²) in [5, 5.41) is 2.87. The Hall–Kier alpha value is -1.60. The van der Waals surface area contributed by atoms with Gasteiger partial charge < -0.3 is 4.52 Å². The van der Waals surface area contributed by atoms with Crippen LogP contribution in [0.2, 0.25) is 0 Å². The van der Waals surface area contributed by atoms with E-state index >= 15 is 0 Å². The van der Waals surface area contributed by atoms with Crippen LogP contribution < -0.4 is 10.6 Å². The van der Waals surface area contributed by atoms with Crippen molar-refractivity contribution in [3.8, 4) is 0 Å². The zero-order valence-electron chi connectivity index (χ0n) is 23.0. The van der Waals surface area contributed by atoms with Crippen LogP contribution in [0.25, 0.3) is 0 Å². The van der Waals surface area contributed by atoms with Gasteiger partial charge >= 0.3 is 0 Å². The highest BCUT2D eigenvalue weighted by Gasteiger charge is 2.29. The van der Waals surface area contributed by atoms with Gasteiger partial charge in [0.1, 0.15) is 0 Å². The molecular weight excluding hydrogens is 463 g/mol. The van der Waals surface area contributed by atoms with Crippen molar-refractivity contribution in [1.29, 1.82) is 0 Å². The molecule has 0 unspecified atom stereocenters. The number of benzene rings is 3. The third-order valence-electron chi connectivity index (χ3n) is 6.28. The third kappa shape index (κ3) is 7.69. The van der Waals surface area contributed by atoms with Crippen molar-refractivity contribution < 1.29 is 4.52 Å². The Balaban J connectivity index is 1.93. The van der Waals surface area contributed by atoms with Crippen LogP contribution >= 0.6 is 19.9 Å². The van der Waals surface area contributed by atoms with E-state index in [1.807, 2.05) is 11.8 Å². The zero-order chi connectivity index (χ0) is 25.8. The number of hydrogen-bond acceptors (Lipinski definition) is 2. The first-order valence-corrected chi connectivity index (χ1v) is 14.9. The molecule has 35 heavy (non-hydrogen) atoms. The molecule has 3 aromatic rings. The van der Waals surface area contributed by atoms with Crippen LogP contribution in [0.3, 0.4) is 0 Å². The molecule has 0 radical (unpaired) electrons. The van der Waals surface area contributed by atoms with Crippen molar-refractivity contribution in [3.05, 3.63) is 90.0 Å². The van der Waals surface area contributed by atoms with Crippen LogP contribution in [0.1, 0.15) is 73.4 Å². The molecule has 3 heteroatoms. The van der Waals surface area contributed by atoms with Gasteiger partial charge in [-0.05, 0) is 46.9 Å². The topological polar surface area (TPSA) is 9.23 Å². The van der Waals surface area contributed by atoms with Crippen LogP contribution in [0, 0.1) is 5.92 Å². The Morgan fingerprint density at radius 1 is 0.657 bits per heavy atom. The summed E-state index contributed by atoms with van der Waals surface area (Å²) in [6, 6.07) is 28.6. The van der Waals surface area contributed by atoms with Gasteiger partial charge in [0.05, 0.1) is 14.3 Å². The normalized spacial score (nSPS) is 14.4. The molecule has 0 aliphatic carbocycles. The molecule has 0 aromatic heterocycles. The lowest BCUT2D eigenvalue weighted by Crippen LogP contribution is -2.29. The third-order valence-corrected chi connectivity index (χ3v) is 10.1. The van der Waals surface area contributed by atoms with E-state index in [1.54, 1.807) is 0 Å². The smallest absolute Gasteiger partial charge is 0.0922 e. The lowest BCUT2D eigenvalue weighted by atomic mass is 9.81. The molecule has 0 saturated carbocycles. The Bertz CT molecular complexity index is 992. The molecule has 0 amide bonds. The maximum Gasteiger partial charge on any atom is 0.0922 e. The van der Waals surface area contributed by atoms with Crippen LogP contribution in [0.4, 0.5) is 0 Å². The van der Waals surface area contributed by atoms with Crippen LogP contribution in [-0.4, -0.2) is 11.4 Å². The maximum absolute atomic E-state index is 6.96. The van der Waals surface area contributed by atoms with E-state index in [1.165, 1.54) is 26.6 Å². The molecule has 0 spiro atoms. The first-order chi connectivity index (χ1) is 16.4. The van der Waals surface area contributed by atoms with Gasteiger partial charge in [-0.25, -0.2) is 0 Å². The SMILES string of the molecule is CC(C)[C@@H](Sc1cc(C(C)(C)C)cc(C(C)(C)C)c1)[C@H](C)OP(c1ccccc1)c1ccccc1. The second-order valence-electron chi connectivity index (χ2n) is 11.8.